The van der Waals surface area contributed by atoms with E-state index in [1.807, 2.05) is 18.2 Å². The molecule has 1 amide bonds. The third-order valence-electron chi connectivity index (χ3n) is 4.19. The number of guanidine groups is 1. The third kappa shape index (κ3) is 8.69. The zero-order valence-corrected chi connectivity index (χ0v) is 18.6. The van der Waals surface area contributed by atoms with Gasteiger partial charge in [-0.05, 0) is 29.2 Å². The summed E-state index contributed by atoms with van der Waals surface area (Å²) in [5, 5.41) is 9.31. The van der Waals surface area contributed by atoms with Crippen LogP contribution in [0.15, 0.2) is 59.6 Å². The highest BCUT2D eigenvalue weighted by atomic mass is 127. The summed E-state index contributed by atoms with van der Waals surface area (Å²) >= 11 is 0. The van der Waals surface area contributed by atoms with Crippen molar-refractivity contribution in [3.05, 3.63) is 71.5 Å². The number of hydrogen-bond donors (Lipinski definition) is 3. The summed E-state index contributed by atoms with van der Waals surface area (Å²) in [7, 11) is 1.72. The maximum absolute atomic E-state index is 12.9. The van der Waals surface area contributed by atoms with Crippen LogP contribution >= 0.6 is 24.0 Å². The molecule has 0 saturated carbocycles. The van der Waals surface area contributed by atoms with Crippen molar-refractivity contribution in [2.75, 3.05) is 26.7 Å². The van der Waals surface area contributed by atoms with E-state index in [-0.39, 0.29) is 42.1 Å². The maximum atomic E-state index is 12.9. The Morgan fingerprint density at radius 2 is 1.64 bits per heavy atom. The molecule has 7 heteroatoms. The molecule has 0 aliphatic carbocycles. The number of aliphatic imine (C=N–C) groups is 1. The first-order valence-corrected chi connectivity index (χ1v) is 9.09. The van der Waals surface area contributed by atoms with Gasteiger partial charge in [-0.3, -0.25) is 9.79 Å². The number of rotatable bonds is 8. The number of nitrogens with zero attached hydrogens (tertiary/aromatic N) is 1. The summed E-state index contributed by atoms with van der Waals surface area (Å²) in [5.74, 6) is 0.665. The lowest BCUT2D eigenvalue weighted by molar-refractivity contribution is -0.120. The molecule has 5 nitrogen and oxygen atoms in total. The number of halogens is 2. The van der Waals surface area contributed by atoms with E-state index in [2.05, 4.69) is 40.0 Å². The molecule has 2 rings (SSSR count). The predicted octanol–water partition coefficient (Wildman–Crippen LogP) is 3.07. The average Bonchev–Trinajstić information content (AvgIpc) is 2.69. The summed E-state index contributed by atoms with van der Waals surface area (Å²) in [4.78, 5) is 16.1. The Kier molecular flexibility index (Phi) is 11.2. The molecular weight excluding hydrogens is 470 g/mol. The number of carbonyl (C=O) groups is 1. The van der Waals surface area contributed by atoms with Crippen molar-refractivity contribution in [1.82, 2.24) is 16.0 Å². The lowest BCUT2D eigenvalue weighted by Crippen LogP contribution is -2.42. The van der Waals surface area contributed by atoms with Gasteiger partial charge in [0.25, 0.3) is 0 Å². The third-order valence-corrected chi connectivity index (χ3v) is 4.19. The zero-order valence-electron chi connectivity index (χ0n) is 16.2. The van der Waals surface area contributed by atoms with Crippen molar-refractivity contribution in [2.24, 2.45) is 4.99 Å². The molecule has 0 saturated heterocycles. The SMILES string of the molecule is CN=C(NCCNC(=O)Cc1ccc(F)cc1)NCC(C)c1ccccc1.I. The Hall–Kier alpha value is -2.16. The predicted molar refractivity (Wildman–Crippen MR) is 123 cm³/mol. The molecule has 0 heterocycles. The molecule has 0 bridgehead atoms. The first kappa shape index (κ1) is 23.9. The van der Waals surface area contributed by atoms with Gasteiger partial charge in [-0.1, -0.05) is 49.4 Å². The van der Waals surface area contributed by atoms with Crippen molar-refractivity contribution in [1.29, 1.82) is 0 Å². The van der Waals surface area contributed by atoms with Crippen LogP contribution in [0.5, 0.6) is 0 Å². The molecule has 1 unspecified atom stereocenters. The van der Waals surface area contributed by atoms with Gasteiger partial charge in [0.05, 0.1) is 6.42 Å². The highest BCUT2D eigenvalue weighted by Gasteiger charge is 2.06. The van der Waals surface area contributed by atoms with Crippen molar-refractivity contribution in [3.8, 4) is 0 Å². The fourth-order valence-electron chi connectivity index (χ4n) is 2.60. The van der Waals surface area contributed by atoms with E-state index in [0.717, 1.165) is 12.1 Å². The van der Waals surface area contributed by atoms with Gasteiger partial charge < -0.3 is 16.0 Å². The van der Waals surface area contributed by atoms with E-state index in [1.165, 1.54) is 17.7 Å². The van der Waals surface area contributed by atoms with Crippen molar-refractivity contribution in [2.45, 2.75) is 19.3 Å². The molecule has 2 aromatic rings. The first-order valence-electron chi connectivity index (χ1n) is 9.09. The number of hydrogen-bond acceptors (Lipinski definition) is 2. The van der Waals surface area contributed by atoms with E-state index in [9.17, 15) is 9.18 Å². The Balaban J connectivity index is 0.00000392. The molecule has 0 aliphatic heterocycles. The summed E-state index contributed by atoms with van der Waals surface area (Å²) in [5.41, 5.74) is 2.06. The van der Waals surface area contributed by atoms with Crippen LogP contribution in [-0.2, 0) is 11.2 Å². The molecule has 0 fully saturated rings. The van der Waals surface area contributed by atoms with Crippen LogP contribution in [0.25, 0.3) is 0 Å². The average molecular weight is 498 g/mol. The fourth-order valence-corrected chi connectivity index (χ4v) is 2.60. The van der Waals surface area contributed by atoms with E-state index < -0.39 is 0 Å². The lowest BCUT2D eigenvalue weighted by atomic mass is 10.0. The van der Waals surface area contributed by atoms with Crippen LogP contribution < -0.4 is 16.0 Å². The van der Waals surface area contributed by atoms with Crippen LogP contribution in [0.2, 0.25) is 0 Å². The molecule has 0 aromatic heterocycles. The normalized spacial score (nSPS) is 11.9. The van der Waals surface area contributed by atoms with Crippen LogP contribution in [0.4, 0.5) is 4.39 Å². The van der Waals surface area contributed by atoms with Crippen LogP contribution in [0.1, 0.15) is 24.0 Å². The van der Waals surface area contributed by atoms with Crippen molar-refractivity contribution >= 4 is 35.8 Å². The number of carbonyl (C=O) groups excluding carboxylic acids is 1. The molecule has 0 aliphatic rings. The molecular formula is C21H28FIN4O. The van der Waals surface area contributed by atoms with Gasteiger partial charge >= 0.3 is 0 Å². The van der Waals surface area contributed by atoms with Gasteiger partial charge in [0.2, 0.25) is 5.91 Å². The quantitative estimate of drug-likeness (QED) is 0.227. The molecule has 2 aromatic carbocycles. The van der Waals surface area contributed by atoms with E-state index in [1.54, 1.807) is 19.2 Å². The van der Waals surface area contributed by atoms with E-state index >= 15 is 0 Å². The molecule has 0 radical (unpaired) electrons. The van der Waals surface area contributed by atoms with Gasteiger partial charge in [0, 0.05) is 26.7 Å². The fraction of sp³-hybridized carbons (Fsp3) is 0.333. The van der Waals surface area contributed by atoms with Crippen molar-refractivity contribution < 1.29 is 9.18 Å². The Labute approximate surface area is 183 Å². The topological polar surface area (TPSA) is 65.5 Å². The van der Waals surface area contributed by atoms with Gasteiger partial charge in [-0.2, -0.15) is 0 Å². The largest absolute Gasteiger partial charge is 0.356 e. The van der Waals surface area contributed by atoms with Crippen LogP contribution in [0.3, 0.4) is 0 Å². The van der Waals surface area contributed by atoms with Crippen LogP contribution in [-0.4, -0.2) is 38.5 Å². The molecule has 1 atom stereocenters. The second-order valence-corrected chi connectivity index (χ2v) is 6.34. The maximum Gasteiger partial charge on any atom is 0.224 e. The number of nitrogens with one attached hydrogen (secondary N) is 3. The second-order valence-electron chi connectivity index (χ2n) is 6.34. The Bertz CT molecular complexity index is 738. The molecule has 0 spiro atoms. The summed E-state index contributed by atoms with van der Waals surface area (Å²) < 4.78 is 12.9. The highest BCUT2D eigenvalue weighted by Crippen LogP contribution is 2.12. The van der Waals surface area contributed by atoms with Gasteiger partial charge in [-0.25, -0.2) is 4.39 Å². The smallest absolute Gasteiger partial charge is 0.224 e. The Morgan fingerprint density at radius 1 is 1.00 bits per heavy atom. The van der Waals surface area contributed by atoms with Gasteiger partial charge in [0.1, 0.15) is 5.82 Å². The second kappa shape index (κ2) is 13.1. The van der Waals surface area contributed by atoms with E-state index in [4.69, 9.17) is 0 Å². The Morgan fingerprint density at radius 3 is 2.29 bits per heavy atom. The zero-order chi connectivity index (χ0) is 19.5. The minimum Gasteiger partial charge on any atom is -0.356 e. The monoisotopic (exact) mass is 498 g/mol. The van der Waals surface area contributed by atoms with E-state index in [0.29, 0.717) is 25.0 Å². The molecule has 3 N–H and O–H groups in total. The van der Waals surface area contributed by atoms with Gasteiger partial charge in [0.15, 0.2) is 5.96 Å². The minimum atomic E-state index is -0.302. The lowest BCUT2D eigenvalue weighted by Gasteiger charge is -2.16. The summed E-state index contributed by atoms with van der Waals surface area (Å²) in [6.07, 6.45) is 0.238. The van der Waals surface area contributed by atoms with Gasteiger partial charge in [-0.15, -0.1) is 24.0 Å². The van der Waals surface area contributed by atoms with Crippen molar-refractivity contribution in [3.63, 3.8) is 0 Å². The number of amides is 1. The summed E-state index contributed by atoms with van der Waals surface area (Å²) in [6, 6.07) is 16.3. The molecule has 152 valence electrons. The highest BCUT2D eigenvalue weighted by molar-refractivity contribution is 14.0. The minimum absolute atomic E-state index is 0. The number of benzene rings is 2. The molecule has 28 heavy (non-hydrogen) atoms. The van der Waals surface area contributed by atoms with Crippen LogP contribution in [0, 0.1) is 5.82 Å². The standard InChI is InChI=1S/C21H27FN4O.HI/c1-16(18-6-4-3-5-7-18)15-26-21(23-2)25-13-12-24-20(27)14-17-8-10-19(22)11-9-17;/h3-11,16H,12-15H2,1-2H3,(H,24,27)(H2,23,25,26);1H. The summed E-state index contributed by atoms with van der Waals surface area (Å²) in [6.45, 7) is 3.97. The first-order chi connectivity index (χ1) is 13.1.